The average Bonchev–Trinajstić information content (AvgIpc) is 1.14. The molecular weight excluding hydrogens is 212 g/mol. The Bertz CT molecular complexity index is 251. The Balaban J connectivity index is -0.000000107. The maximum absolute atomic E-state index is 9.74. The molecule has 0 fully saturated rings. The van der Waals surface area contributed by atoms with Crippen LogP contribution in [0.15, 0.2) is 0 Å². The van der Waals surface area contributed by atoms with E-state index in [4.69, 9.17) is 0 Å². The van der Waals surface area contributed by atoms with Crippen molar-refractivity contribution in [3.8, 4) is 0 Å². The van der Waals surface area contributed by atoms with Crippen molar-refractivity contribution in [3.63, 3.8) is 0 Å². The molecule has 0 aliphatic rings. The predicted octanol–water partition coefficient (Wildman–Crippen LogP) is -2.75. The van der Waals surface area contributed by atoms with Gasteiger partial charge in [0.05, 0.1) is 0 Å². The van der Waals surface area contributed by atoms with Crippen molar-refractivity contribution in [1.29, 1.82) is 0 Å². The molecule has 0 aromatic carbocycles. The van der Waals surface area contributed by atoms with E-state index in [1.54, 1.807) is 0 Å². The molecular formula is H6CaN2O5S2. The Morgan fingerprint density at radius 1 is 1.00 bits per heavy atom. The van der Waals surface area contributed by atoms with Crippen LogP contribution >= 0.6 is 0 Å². The Kier molecular flexibility index (Phi) is 5.67. The molecule has 0 unspecified atom stereocenters. The molecule has 0 bridgehead atoms. The quantitative estimate of drug-likeness (QED) is 0.485. The fourth-order valence-corrected chi connectivity index (χ4v) is 1.19. The van der Waals surface area contributed by atoms with Crippen LogP contribution in [0.3, 0.4) is 0 Å². The molecule has 0 heterocycles. The van der Waals surface area contributed by atoms with Crippen molar-refractivity contribution >= 4 is 58.3 Å². The Morgan fingerprint density at radius 3 is 1.20 bits per heavy atom. The summed E-state index contributed by atoms with van der Waals surface area (Å²) in [6.07, 6.45) is 0. The van der Waals surface area contributed by atoms with Crippen LogP contribution in [0, 0.1) is 0 Å². The summed E-state index contributed by atoms with van der Waals surface area (Å²) in [5, 5.41) is 8.22. The van der Waals surface area contributed by atoms with E-state index in [0.29, 0.717) is 0 Å². The first-order chi connectivity index (χ1) is 3.71. The van der Waals surface area contributed by atoms with E-state index in [-0.39, 0.29) is 40.6 Å². The van der Waals surface area contributed by atoms with Crippen molar-refractivity contribution in [2.45, 2.75) is 0 Å². The molecule has 7 nitrogen and oxygen atoms in total. The van der Waals surface area contributed by atoms with Crippen molar-refractivity contribution in [2.24, 2.45) is 10.3 Å². The molecule has 10 heavy (non-hydrogen) atoms. The van der Waals surface area contributed by atoms with Crippen molar-refractivity contribution < 1.29 is 23.3 Å². The summed E-state index contributed by atoms with van der Waals surface area (Å²) in [5.74, 6) is 0. The summed E-state index contributed by atoms with van der Waals surface area (Å²) >= 11 is 0. The van der Waals surface area contributed by atoms with Crippen LogP contribution in [0.5, 0.6) is 0 Å². The second kappa shape index (κ2) is 4.16. The molecule has 0 aromatic rings. The van der Waals surface area contributed by atoms with Crippen LogP contribution in [0.25, 0.3) is 0 Å². The molecule has 4 N–H and O–H groups in total. The Labute approximate surface area is 91.2 Å². The van der Waals surface area contributed by atoms with Crippen LogP contribution < -0.4 is 10.3 Å². The third-order valence-electron chi connectivity index (χ3n) is 0.190. The summed E-state index contributed by atoms with van der Waals surface area (Å²) in [4.78, 5) is 0. The van der Waals surface area contributed by atoms with Crippen LogP contribution in [-0.4, -0.2) is 54.6 Å². The second-order valence-corrected chi connectivity index (χ2v) is 3.57. The van der Waals surface area contributed by atoms with Crippen molar-refractivity contribution in [1.82, 2.24) is 0 Å². The first kappa shape index (κ1) is 13.6. The normalized spacial score (nSPS) is 12.2. The number of hydrogen-bond acceptors (Lipinski definition) is 5. The molecule has 0 amide bonds. The maximum Gasteiger partial charge on any atom is 2.00 e. The number of hydrogen-bond donors (Lipinski definition) is 2. The van der Waals surface area contributed by atoms with Gasteiger partial charge < -0.3 is 2.85 Å². The first-order valence-electron chi connectivity index (χ1n) is 1.47. The predicted molar refractivity (Wildman–Crippen MR) is 35.3 cm³/mol. The molecule has 60 valence electrons. The third-order valence-corrected chi connectivity index (χ3v) is 1.71. The molecule has 0 aliphatic carbocycles. The molecule has 0 saturated carbocycles. The molecule has 0 saturated heterocycles. The van der Waals surface area contributed by atoms with Crippen molar-refractivity contribution in [2.75, 3.05) is 0 Å². The van der Waals surface area contributed by atoms with Gasteiger partial charge in [0.15, 0.2) is 0 Å². The smallest absolute Gasteiger partial charge is 1.00 e. The number of nitrogens with two attached hydrogens (primary N) is 2. The standard InChI is InChI=1S/Ca.H4N2O5S2.2H/c;1-8(3,4)7-9(2,5)6;;/h;(H2,1,3,4)(H2,2,5,6);;/q+2;;2*-1. The first-order valence-corrected chi connectivity index (χ1v) is 4.41. The van der Waals surface area contributed by atoms with Gasteiger partial charge in [-0.3, -0.25) is 0 Å². The van der Waals surface area contributed by atoms with Gasteiger partial charge in [0.1, 0.15) is 0 Å². The average molecular weight is 218 g/mol. The van der Waals surface area contributed by atoms with Gasteiger partial charge in [-0.1, -0.05) is 0 Å². The maximum atomic E-state index is 9.74. The topological polar surface area (TPSA) is 130 Å². The van der Waals surface area contributed by atoms with E-state index in [2.05, 4.69) is 13.9 Å². The van der Waals surface area contributed by atoms with Crippen LogP contribution in [-0.2, 0) is 24.2 Å². The van der Waals surface area contributed by atoms with Gasteiger partial charge in [-0.05, 0) is 0 Å². The molecule has 0 radical (unpaired) electrons. The van der Waals surface area contributed by atoms with Gasteiger partial charge in [-0.2, -0.15) is 16.8 Å². The second-order valence-electron chi connectivity index (χ2n) is 1.05. The molecule has 0 atom stereocenters. The van der Waals surface area contributed by atoms with E-state index in [9.17, 15) is 16.8 Å². The minimum absolute atomic E-state index is 0. The Hall–Kier alpha value is 1.04. The Morgan fingerprint density at radius 2 is 1.20 bits per heavy atom. The largest absolute Gasteiger partial charge is 2.00 e. The minimum Gasteiger partial charge on any atom is -1.00 e. The van der Waals surface area contributed by atoms with Crippen LogP contribution in [0.4, 0.5) is 0 Å². The third kappa shape index (κ3) is 11.8. The summed E-state index contributed by atoms with van der Waals surface area (Å²) < 4.78 is 42.1. The fourth-order valence-electron chi connectivity index (χ4n) is 0.132. The van der Waals surface area contributed by atoms with E-state index in [0.717, 1.165) is 0 Å². The monoisotopic (exact) mass is 218 g/mol. The van der Waals surface area contributed by atoms with Gasteiger partial charge in [0, 0.05) is 0 Å². The fraction of sp³-hybridized carbons (Fsp3) is 0. The zero-order valence-electron chi connectivity index (χ0n) is 6.72. The molecule has 0 aromatic heterocycles. The van der Waals surface area contributed by atoms with Gasteiger partial charge in [-0.15, -0.1) is 3.63 Å². The minimum atomic E-state index is -4.49. The molecule has 0 spiro atoms. The summed E-state index contributed by atoms with van der Waals surface area (Å²) in [6, 6.07) is 0. The van der Waals surface area contributed by atoms with Gasteiger partial charge >= 0.3 is 58.3 Å². The summed E-state index contributed by atoms with van der Waals surface area (Å²) in [5.41, 5.74) is 0. The van der Waals surface area contributed by atoms with E-state index < -0.39 is 20.6 Å². The number of rotatable bonds is 2. The zero-order chi connectivity index (χ0) is 7.71. The van der Waals surface area contributed by atoms with E-state index in [1.165, 1.54) is 0 Å². The summed E-state index contributed by atoms with van der Waals surface area (Å²) in [6.45, 7) is 0. The van der Waals surface area contributed by atoms with Gasteiger partial charge in [0.25, 0.3) is 0 Å². The van der Waals surface area contributed by atoms with E-state index >= 15 is 0 Å². The van der Waals surface area contributed by atoms with Gasteiger partial charge in [-0.25, -0.2) is 10.3 Å². The van der Waals surface area contributed by atoms with Gasteiger partial charge in [0.2, 0.25) is 0 Å². The zero-order valence-corrected chi connectivity index (χ0v) is 8.56. The van der Waals surface area contributed by atoms with Crippen molar-refractivity contribution in [3.05, 3.63) is 0 Å². The van der Waals surface area contributed by atoms with Crippen LogP contribution in [0.2, 0.25) is 0 Å². The SMILES string of the molecule is NS(=O)(=O)OS(N)(=O)=O.[Ca+2].[H-].[H-]. The van der Waals surface area contributed by atoms with Crippen LogP contribution in [0.1, 0.15) is 2.85 Å². The summed E-state index contributed by atoms with van der Waals surface area (Å²) in [7, 11) is -8.99. The molecule has 0 aliphatic heterocycles. The molecule has 0 rings (SSSR count). The molecule has 10 heteroatoms. The van der Waals surface area contributed by atoms with E-state index in [1.807, 2.05) is 0 Å².